The monoisotopic (exact) mass is 492 g/mol. The Morgan fingerprint density at radius 2 is 1.80 bits per heavy atom. The van der Waals surface area contributed by atoms with Gasteiger partial charge in [-0.05, 0) is 77.5 Å². The van der Waals surface area contributed by atoms with Crippen molar-refractivity contribution < 1.29 is 17.9 Å². The molecule has 0 spiro atoms. The minimum Gasteiger partial charge on any atom is -0.497 e. The minimum atomic E-state index is -3.58. The van der Waals surface area contributed by atoms with E-state index in [4.69, 9.17) is 4.74 Å². The molecule has 0 N–H and O–H groups in total. The zero-order valence-electron chi connectivity index (χ0n) is 16.9. The molecule has 30 heavy (non-hydrogen) atoms. The first-order valence-electron chi connectivity index (χ1n) is 10.1. The van der Waals surface area contributed by atoms with E-state index in [2.05, 4.69) is 15.9 Å². The van der Waals surface area contributed by atoms with E-state index in [1.165, 1.54) is 10.4 Å². The van der Waals surface area contributed by atoms with Gasteiger partial charge in [0, 0.05) is 30.1 Å². The predicted octanol–water partition coefficient (Wildman–Crippen LogP) is 4.05. The van der Waals surface area contributed by atoms with Gasteiger partial charge in [-0.1, -0.05) is 12.1 Å². The number of methoxy groups -OCH3 is 1. The molecule has 0 unspecified atom stereocenters. The van der Waals surface area contributed by atoms with Crippen molar-refractivity contribution in [2.45, 2.75) is 43.2 Å². The van der Waals surface area contributed by atoms with Crippen LogP contribution in [0.2, 0.25) is 0 Å². The summed E-state index contributed by atoms with van der Waals surface area (Å²) in [5.74, 6) is 0.615. The van der Waals surface area contributed by atoms with Gasteiger partial charge in [-0.25, -0.2) is 8.42 Å². The van der Waals surface area contributed by atoms with Gasteiger partial charge in [-0.2, -0.15) is 4.31 Å². The molecular formula is C22H25BrN2O4S. The fourth-order valence-corrected chi connectivity index (χ4v) is 5.70. The van der Waals surface area contributed by atoms with Crippen LogP contribution in [0.3, 0.4) is 0 Å². The third kappa shape index (κ3) is 4.40. The molecule has 2 aliphatic rings. The van der Waals surface area contributed by atoms with Crippen molar-refractivity contribution >= 4 is 31.9 Å². The summed E-state index contributed by atoms with van der Waals surface area (Å²) in [4.78, 5) is 15.5. The second-order valence-electron chi connectivity index (χ2n) is 7.77. The van der Waals surface area contributed by atoms with Gasteiger partial charge in [0.15, 0.2) is 0 Å². The molecule has 1 saturated heterocycles. The van der Waals surface area contributed by atoms with Crippen molar-refractivity contribution in [1.29, 1.82) is 0 Å². The van der Waals surface area contributed by atoms with Crippen LogP contribution in [0.5, 0.6) is 5.75 Å². The molecule has 2 aromatic carbocycles. The van der Waals surface area contributed by atoms with E-state index < -0.39 is 10.0 Å². The van der Waals surface area contributed by atoms with Crippen LogP contribution < -0.4 is 4.74 Å². The van der Waals surface area contributed by atoms with Gasteiger partial charge >= 0.3 is 0 Å². The Balaban J connectivity index is 1.61. The van der Waals surface area contributed by atoms with Gasteiger partial charge in [0.1, 0.15) is 5.75 Å². The minimum absolute atomic E-state index is 0.154. The molecule has 0 aromatic heterocycles. The maximum Gasteiger partial charge on any atom is 0.255 e. The maximum absolute atomic E-state index is 13.4. The molecule has 4 rings (SSSR count). The highest BCUT2D eigenvalue weighted by molar-refractivity contribution is 9.10. The predicted molar refractivity (Wildman–Crippen MR) is 118 cm³/mol. The molecule has 2 fully saturated rings. The summed E-state index contributed by atoms with van der Waals surface area (Å²) in [6.07, 6.45) is 3.67. The molecule has 1 amide bonds. The molecule has 1 heterocycles. The normalized spacial score (nSPS) is 17.1. The lowest BCUT2D eigenvalue weighted by Crippen LogP contribution is -2.33. The Kier molecular flexibility index (Phi) is 6.18. The number of carbonyl (C=O) groups is 1. The number of ether oxygens (including phenoxy) is 1. The third-order valence-electron chi connectivity index (χ3n) is 5.63. The number of sulfonamides is 1. The molecule has 1 saturated carbocycles. The number of rotatable bonds is 7. The number of hydrogen-bond donors (Lipinski definition) is 0. The summed E-state index contributed by atoms with van der Waals surface area (Å²) in [7, 11) is -1.96. The number of nitrogens with zero attached hydrogens (tertiary/aromatic N) is 2. The molecule has 1 aliphatic heterocycles. The van der Waals surface area contributed by atoms with Crippen molar-refractivity contribution in [2.24, 2.45) is 0 Å². The molecular weight excluding hydrogens is 468 g/mol. The van der Waals surface area contributed by atoms with Gasteiger partial charge in [0.25, 0.3) is 5.91 Å². The van der Waals surface area contributed by atoms with Crippen LogP contribution in [0.4, 0.5) is 0 Å². The SMILES string of the molecule is COc1ccc(CN(C(=O)c2cc(S(=O)(=O)N3CCCC3)ccc2Br)C2CC2)cc1. The lowest BCUT2D eigenvalue weighted by atomic mass is 10.1. The van der Waals surface area contributed by atoms with Crippen LogP contribution in [-0.4, -0.2) is 49.8 Å². The summed E-state index contributed by atoms with van der Waals surface area (Å²) in [6, 6.07) is 12.6. The fourth-order valence-electron chi connectivity index (χ4n) is 3.74. The van der Waals surface area contributed by atoms with E-state index in [0.717, 1.165) is 37.0 Å². The van der Waals surface area contributed by atoms with Gasteiger partial charge in [-0.15, -0.1) is 0 Å². The first-order valence-corrected chi connectivity index (χ1v) is 12.4. The second kappa shape index (κ2) is 8.69. The zero-order chi connectivity index (χ0) is 21.3. The van der Waals surface area contributed by atoms with E-state index in [0.29, 0.717) is 29.7 Å². The fraction of sp³-hybridized carbons (Fsp3) is 0.409. The lowest BCUT2D eigenvalue weighted by Gasteiger charge is -2.24. The Morgan fingerprint density at radius 1 is 1.13 bits per heavy atom. The van der Waals surface area contributed by atoms with Crippen molar-refractivity contribution in [3.8, 4) is 5.75 Å². The molecule has 2 aromatic rings. The topological polar surface area (TPSA) is 66.9 Å². The highest BCUT2D eigenvalue weighted by Gasteiger charge is 2.35. The number of carbonyl (C=O) groups excluding carboxylic acids is 1. The number of hydrogen-bond acceptors (Lipinski definition) is 4. The molecule has 8 heteroatoms. The number of amides is 1. The van der Waals surface area contributed by atoms with Crippen molar-refractivity contribution in [3.63, 3.8) is 0 Å². The highest BCUT2D eigenvalue weighted by atomic mass is 79.9. The van der Waals surface area contributed by atoms with Gasteiger partial charge in [0.2, 0.25) is 10.0 Å². The van der Waals surface area contributed by atoms with Gasteiger partial charge < -0.3 is 9.64 Å². The second-order valence-corrected chi connectivity index (χ2v) is 10.6. The van der Waals surface area contributed by atoms with Crippen LogP contribution in [0.1, 0.15) is 41.6 Å². The van der Waals surface area contributed by atoms with E-state index in [-0.39, 0.29) is 16.8 Å². The van der Waals surface area contributed by atoms with Crippen molar-refractivity contribution in [3.05, 3.63) is 58.1 Å². The molecule has 0 bridgehead atoms. The maximum atomic E-state index is 13.4. The van der Waals surface area contributed by atoms with E-state index >= 15 is 0 Å². The van der Waals surface area contributed by atoms with E-state index in [1.807, 2.05) is 29.2 Å². The van der Waals surface area contributed by atoms with E-state index in [9.17, 15) is 13.2 Å². The lowest BCUT2D eigenvalue weighted by molar-refractivity contribution is 0.0728. The van der Waals surface area contributed by atoms with Crippen molar-refractivity contribution in [2.75, 3.05) is 20.2 Å². The Bertz CT molecular complexity index is 1030. The molecule has 0 atom stereocenters. The van der Waals surface area contributed by atoms with Gasteiger partial charge in [-0.3, -0.25) is 4.79 Å². The van der Waals surface area contributed by atoms with Gasteiger partial charge in [0.05, 0.1) is 17.6 Å². The zero-order valence-corrected chi connectivity index (χ0v) is 19.3. The summed E-state index contributed by atoms with van der Waals surface area (Å²) in [5.41, 5.74) is 1.39. The number of halogens is 1. The van der Waals surface area contributed by atoms with Crippen molar-refractivity contribution in [1.82, 2.24) is 9.21 Å². The molecule has 1 aliphatic carbocycles. The quantitative estimate of drug-likeness (QED) is 0.584. The third-order valence-corrected chi connectivity index (χ3v) is 8.22. The van der Waals surface area contributed by atoms with Crippen LogP contribution in [0.15, 0.2) is 51.8 Å². The van der Waals surface area contributed by atoms with E-state index in [1.54, 1.807) is 19.2 Å². The highest BCUT2D eigenvalue weighted by Crippen LogP contribution is 2.33. The van der Waals surface area contributed by atoms with Crippen LogP contribution in [0.25, 0.3) is 0 Å². The Morgan fingerprint density at radius 3 is 2.40 bits per heavy atom. The average Bonchev–Trinajstić information content (AvgIpc) is 3.43. The summed E-state index contributed by atoms with van der Waals surface area (Å²) in [5, 5.41) is 0. The molecule has 160 valence electrons. The smallest absolute Gasteiger partial charge is 0.255 e. The Labute approximate surface area is 186 Å². The molecule has 6 nitrogen and oxygen atoms in total. The summed E-state index contributed by atoms with van der Waals surface area (Å²) in [6.45, 7) is 1.55. The summed E-state index contributed by atoms with van der Waals surface area (Å²) < 4.78 is 33.2. The first kappa shape index (κ1) is 21.3. The van der Waals surface area contributed by atoms with Crippen LogP contribution in [-0.2, 0) is 16.6 Å². The molecule has 0 radical (unpaired) electrons. The summed E-state index contributed by atoms with van der Waals surface area (Å²) >= 11 is 3.45. The van der Waals surface area contributed by atoms with Crippen LogP contribution in [0, 0.1) is 0 Å². The van der Waals surface area contributed by atoms with Crippen LogP contribution >= 0.6 is 15.9 Å². The number of benzene rings is 2. The average molecular weight is 493 g/mol. The largest absolute Gasteiger partial charge is 0.497 e. The Hall–Kier alpha value is -1.90. The first-order chi connectivity index (χ1) is 14.4. The standard InChI is InChI=1S/C22H25BrN2O4S/c1-29-18-8-4-16(5-9-18)15-25(17-6-7-17)22(26)20-14-19(10-11-21(20)23)30(27,28)24-12-2-3-13-24/h4-5,8-11,14,17H,2-3,6-7,12-13,15H2,1H3.